The van der Waals surface area contributed by atoms with Gasteiger partial charge in [-0.25, -0.2) is 0 Å². The first-order valence-electron chi connectivity index (χ1n) is 11.1. The second-order valence-electron chi connectivity index (χ2n) is 8.45. The highest BCUT2D eigenvalue weighted by Crippen LogP contribution is 2.26. The molecule has 2 amide bonds. The van der Waals surface area contributed by atoms with E-state index >= 15 is 0 Å². The number of anilines is 1. The molecule has 2 aromatic carbocycles. The first-order valence-corrected chi connectivity index (χ1v) is 11.1. The van der Waals surface area contributed by atoms with Crippen LogP contribution in [0.25, 0.3) is 0 Å². The average Bonchev–Trinajstić information content (AvgIpc) is 2.83. The number of ether oxygens (including phenoxy) is 3. The third-order valence-electron chi connectivity index (χ3n) is 5.84. The molecule has 1 aliphatic rings. The molecule has 0 fully saturated rings. The van der Waals surface area contributed by atoms with E-state index in [1.54, 1.807) is 68.6 Å². The molecule has 0 saturated carbocycles. The van der Waals surface area contributed by atoms with Crippen LogP contribution in [0.3, 0.4) is 0 Å². The number of carbonyl (C=O) groups excluding carboxylic acids is 2. The van der Waals surface area contributed by atoms with E-state index in [-0.39, 0.29) is 29.9 Å². The van der Waals surface area contributed by atoms with Gasteiger partial charge in [-0.3, -0.25) is 9.59 Å². The van der Waals surface area contributed by atoms with Gasteiger partial charge in [-0.1, -0.05) is 6.92 Å². The van der Waals surface area contributed by atoms with Crippen molar-refractivity contribution in [2.24, 2.45) is 5.92 Å². The third kappa shape index (κ3) is 6.24. The van der Waals surface area contributed by atoms with Crippen molar-refractivity contribution < 1.29 is 23.8 Å². The molecule has 8 heteroatoms. The standard InChI is InChI=1S/C25H33N3O5/c1-16-13-26-17(2)15-33-22-12-19(27-24(29)18-6-9-20(31-4)10-7-18)8-11-21(22)25(30)28(3)14-23(16)32-5/h6-12,16-17,23,26H,13-15H2,1-5H3,(H,27,29)/t16-,17+,23+/m1/s1. The van der Waals surface area contributed by atoms with Gasteiger partial charge in [-0.15, -0.1) is 0 Å². The van der Waals surface area contributed by atoms with E-state index in [1.807, 2.05) is 6.92 Å². The van der Waals surface area contributed by atoms with E-state index in [0.717, 1.165) is 6.54 Å². The van der Waals surface area contributed by atoms with Gasteiger partial charge in [-0.2, -0.15) is 0 Å². The number of nitrogens with zero attached hydrogens (tertiary/aromatic N) is 1. The maximum absolute atomic E-state index is 13.2. The molecular weight excluding hydrogens is 422 g/mol. The van der Waals surface area contributed by atoms with Gasteiger partial charge in [-0.05, 0) is 49.2 Å². The van der Waals surface area contributed by atoms with Gasteiger partial charge in [0.05, 0.1) is 18.8 Å². The normalized spacial score (nSPS) is 21.8. The van der Waals surface area contributed by atoms with Gasteiger partial charge >= 0.3 is 0 Å². The number of methoxy groups -OCH3 is 2. The van der Waals surface area contributed by atoms with Gasteiger partial charge in [0.1, 0.15) is 18.1 Å². The van der Waals surface area contributed by atoms with Crippen LogP contribution in [0, 0.1) is 5.92 Å². The van der Waals surface area contributed by atoms with E-state index < -0.39 is 0 Å². The second-order valence-corrected chi connectivity index (χ2v) is 8.45. The van der Waals surface area contributed by atoms with Crippen LogP contribution < -0.4 is 20.1 Å². The number of hydrogen-bond donors (Lipinski definition) is 2. The summed E-state index contributed by atoms with van der Waals surface area (Å²) in [5, 5.41) is 6.33. The highest BCUT2D eigenvalue weighted by Gasteiger charge is 2.25. The van der Waals surface area contributed by atoms with Crippen LogP contribution in [0.4, 0.5) is 5.69 Å². The van der Waals surface area contributed by atoms with Crippen molar-refractivity contribution in [3.8, 4) is 11.5 Å². The fourth-order valence-corrected chi connectivity index (χ4v) is 3.68. The van der Waals surface area contributed by atoms with Crippen molar-refractivity contribution >= 4 is 17.5 Å². The van der Waals surface area contributed by atoms with Crippen LogP contribution >= 0.6 is 0 Å². The van der Waals surface area contributed by atoms with Crippen LogP contribution in [0.2, 0.25) is 0 Å². The number of amides is 2. The van der Waals surface area contributed by atoms with Crippen molar-refractivity contribution in [1.82, 2.24) is 10.2 Å². The molecule has 1 aliphatic heterocycles. The Labute approximate surface area is 195 Å². The Morgan fingerprint density at radius 3 is 2.55 bits per heavy atom. The summed E-state index contributed by atoms with van der Waals surface area (Å²) >= 11 is 0. The predicted octanol–water partition coefficient (Wildman–Crippen LogP) is 3.04. The van der Waals surface area contributed by atoms with Crippen molar-refractivity contribution in [3.05, 3.63) is 53.6 Å². The third-order valence-corrected chi connectivity index (χ3v) is 5.84. The Morgan fingerprint density at radius 1 is 1.15 bits per heavy atom. The minimum Gasteiger partial charge on any atom is -0.497 e. The fourth-order valence-electron chi connectivity index (χ4n) is 3.68. The molecule has 0 radical (unpaired) electrons. The van der Waals surface area contributed by atoms with Gasteiger partial charge in [0.25, 0.3) is 11.8 Å². The highest BCUT2D eigenvalue weighted by atomic mass is 16.5. The average molecular weight is 456 g/mol. The predicted molar refractivity (Wildman–Crippen MR) is 127 cm³/mol. The molecule has 8 nitrogen and oxygen atoms in total. The van der Waals surface area contributed by atoms with Gasteiger partial charge in [0.2, 0.25) is 0 Å². The van der Waals surface area contributed by atoms with E-state index in [0.29, 0.717) is 41.5 Å². The Kier molecular flexibility index (Phi) is 8.30. The van der Waals surface area contributed by atoms with E-state index in [4.69, 9.17) is 14.2 Å². The lowest BCUT2D eigenvalue weighted by atomic mass is 10.0. The van der Waals surface area contributed by atoms with Gasteiger partial charge in [0, 0.05) is 50.6 Å². The first-order chi connectivity index (χ1) is 15.8. The van der Waals surface area contributed by atoms with Crippen molar-refractivity contribution in [2.45, 2.75) is 26.0 Å². The summed E-state index contributed by atoms with van der Waals surface area (Å²) in [6.07, 6.45) is -0.0921. The lowest BCUT2D eigenvalue weighted by molar-refractivity contribution is 0.0281. The highest BCUT2D eigenvalue weighted by molar-refractivity contribution is 6.05. The molecule has 0 aromatic heterocycles. The lowest BCUT2D eigenvalue weighted by Gasteiger charge is -2.30. The minimum absolute atomic E-state index is 0.0719. The number of fused-ring (bicyclic) bond motifs is 1. The summed E-state index contributed by atoms with van der Waals surface area (Å²) in [7, 11) is 5.00. The molecule has 0 bridgehead atoms. The summed E-state index contributed by atoms with van der Waals surface area (Å²) in [5.74, 6) is 0.905. The minimum atomic E-state index is -0.263. The van der Waals surface area contributed by atoms with E-state index in [1.165, 1.54) is 0 Å². The molecule has 3 rings (SSSR count). The molecule has 2 N–H and O–H groups in total. The molecule has 33 heavy (non-hydrogen) atoms. The van der Waals surface area contributed by atoms with Gasteiger partial charge < -0.3 is 29.7 Å². The van der Waals surface area contributed by atoms with Crippen LogP contribution in [0.5, 0.6) is 11.5 Å². The molecule has 0 aliphatic carbocycles. The van der Waals surface area contributed by atoms with E-state index in [9.17, 15) is 9.59 Å². The van der Waals surface area contributed by atoms with Crippen molar-refractivity contribution in [2.75, 3.05) is 46.3 Å². The number of nitrogens with one attached hydrogen (secondary N) is 2. The molecule has 0 spiro atoms. The maximum Gasteiger partial charge on any atom is 0.257 e. The monoisotopic (exact) mass is 455 g/mol. The van der Waals surface area contributed by atoms with Crippen LogP contribution in [-0.4, -0.2) is 69.8 Å². The number of hydrogen-bond acceptors (Lipinski definition) is 6. The SMILES string of the molecule is COc1ccc(C(=O)Nc2ccc3c(c2)OC[C@H](C)NC[C@@H](C)[C@@H](OC)CN(C)C3=O)cc1. The Hall–Kier alpha value is -3.10. The summed E-state index contributed by atoms with van der Waals surface area (Å²) in [4.78, 5) is 27.5. The fraction of sp³-hybridized carbons (Fsp3) is 0.440. The molecule has 0 unspecified atom stereocenters. The summed E-state index contributed by atoms with van der Waals surface area (Å²) in [6.45, 7) is 5.72. The molecule has 3 atom stereocenters. The van der Waals surface area contributed by atoms with Crippen LogP contribution in [-0.2, 0) is 4.74 Å². The summed E-state index contributed by atoms with van der Waals surface area (Å²) in [6, 6.07) is 12.0. The van der Waals surface area contributed by atoms with Crippen LogP contribution in [0.15, 0.2) is 42.5 Å². The summed E-state index contributed by atoms with van der Waals surface area (Å²) in [5.41, 5.74) is 1.48. The van der Waals surface area contributed by atoms with Crippen molar-refractivity contribution in [3.63, 3.8) is 0 Å². The zero-order chi connectivity index (χ0) is 24.0. The number of carbonyl (C=O) groups is 2. The van der Waals surface area contributed by atoms with E-state index in [2.05, 4.69) is 17.6 Å². The maximum atomic E-state index is 13.2. The smallest absolute Gasteiger partial charge is 0.257 e. The molecular formula is C25H33N3O5. The zero-order valence-corrected chi connectivity index (χ0v) is 19.9. The van der Waals surface area contributed by atoms with Crippen molar-refractivity contribution in [1.29, 1.82) is 0 Å². The largest absolute Gasteiger partial charge is 0.497 e. The zero-order valence-electron chi connectivity index (χ0n) is 19.9. The topological polar surface area (TPSA) is 89.1 Å². The lowest BCUT2D eigenvalue weighted by Crippen LogP contribution is -2.44. The van der Waals surface area contributed by atoms with Crippen LogP contribution in [0.1, 0.15) is 34.6 Å². The number of rotatable bonds is 4. The number of benzene rings is 2. The second kappa shape index (κ2) is 11.2. The molecule has 1 heterocycles. The molecule has 178 valence electrons. The first kappa shape index (κ1) is 24.5. The number of likely N-dealkylation sites (N-methyl/N-ethyl adjacent to an activating group) is 1. The quantitative estimate of drug-likeness (QED) is 0.737. The molecule has 2 aromatic rings. The Bertz CT molecular complexity index is 963. The molecule has 0 saturated heterocycles. The Morgan fingerprint density at radius 2 is 1.88 bits per heavy atom. The summed E-state index contributed by atoms with van der Waals surface area (Å²) < 4.78 is 16.8. The van der Waals surface area contributed by atoms with Gasteiger partial charge in [0.15, 0.2) is 0 Å². The Balaban J connectivity index is 1.84.